The Balaban J connectivity index is 2.08. The van der Waals surface area contributed by atoms with Crippen LogP contribution in [-0.4, -0.2) is 27.9 Å². The molecule has 0 radical (unpaired) electrons. The molecule has 0 bridgehead atoms. The van der Waals surface area contributed by atoms with Gasteiger partial charge in [0.25, 0.3) is 11.6 Å². The molecule has 24 heavy (non-hydrogen) atoms. The van der Waals surface area contributed by atoms with Crippen molar-refractivity contribution in [3.8, 4) is 0 Å². The molecule has 7 nitrogen and oxygen atoms in total. The SMILES string of the molecule is O=C(O)C[C@@H](Cc1ccccc1)NC(=O)c1ccc([N+](=O)[O-])cc1. The Morgan fingerprint density at radius 2 is 1.71 bits per heavy atom. The minimum absolute atomic E-state index is 0.113. The molecule has 1 atom stereocenters. The monoisotopic (exact) mass is 328 g/mol. The number of carboxylic acids is 1. The van der Waals surface area contributed by atoms with Crippen LogP contribution >= 0.6 is 0 Å². The third kappa shape index (κ3) is 4.91. The highest BCUT2D eigenvalue weighted by Gasteiger charge is 2.18. The minimum Gasteiger partial charge on any atom is -0.481 e. The Labute approximate surface area is 138 Å². The summed E-state index contributed by atoms with van der Waals surface area (Å²) < 4.78 is 0. The van der Waals surface area contributed by atoms with Gasteiger partial charge in [-0.15, -0.1) is 0 Å². The van der Waals surface area contributed by atoms with E-state index < -0.39 is 22.8 Å². The number of amides is 1. The number of nitrogens with one attached hydrogen (secondary N) is 1. The molecule has 0 aromatic heterocycles. The summed E-state index contributed by atoms with van der Waals surface area (Å²) in [5, 5.41) is 22.3. The van der Waals surface area contributed by atoms with Crippen LogP contribution in [0.3, 0.4) is 0 Å². The Bertz CT molecular complexity index is 728. The van der Waals surface area contributed by atoms with Crippen LogP contribution in [0.15, 0.2) is 54.6 Å². The van der Waals surface area contributed by atoms with E-state index in [1.165, 1.54) is 24.3 Å². The number of nitrogens with zero attached hydrogens (tertiary/aromatic N) is 1. The summed E-state index contributed by atoms with van der Waals surface area (Å²) in [6.45, 7) is 0. The maximum absolute atomic E-state index is 12.2. The summed E-state index contributed by atoms with van der Waals surface area (Å²) in [7, 11) is 0. The molecule has 124 valence electrons. The molecule has 0 heterocycles. The number of hydrogen-bond donors (Lipinski definition) is 2. The maximum atomic E-state index is 12.2. The third-order valence-electron chi connectivity index (χ3n) is 3.42. The third-order valence-corrected chi connectivity index (χ3v) is 3.42. The van der Waals surface area contributed by atoms with Crippen LogP contribution in [0.2, 0.25) is 0 Å². The number of nitro groups is 1. The van der Waals surface area contributed by atoms with Gasteiger partial charge in [-0.1, -0.05) is 30.3 Å². The average Bonchev–Trinajstić information content (AvgIpc) is 2.55. The van der Waals surface area contributed by atoms with Crippen LogP contribution in [0.25, 0.3) is 0 Å². The summed E-state index contributed by atoms with van der Waals surface area (Å²) in [6, 6.07) is 13.8. The average molecular weight is 328 g/mol. The van der Waals surface area contributed by atoms with Crippen LogP contribution in [0.4, 0.5) is 5.69 Å². The Kier molecular flexibility index (Phi) is 5.62. The zero-order chi connectivity index (χ0) is 17.5. The maximum Gasteiger partial charge on any atom is 0.305 e. The fourth-order valence-electron chi connectivity index (χ4n) is 2.29. The van der Waals surface area contributed by atoms with E-state index in [0.29, 0.717) is 6.42 Å². The Morgan fingerprint density at radius 3 is 2.25 bits per heavy atom. The molecule has 1 amide bonds. The molecule has 0 spiro atoms. The molecule has 0 aliphatic heterocycles. The second-order valence-electron chi connectivity index (χ2n) is 5.26. The van der Waals surface area contributed by atoms with Crippen molar-refractivity contribution in [1.82, 2.24) is 5.32 Å². The predicted molar refractivity (Wildman–Crippen MR) is 86.7 cm³/mol. The molecule has 0 saturated carbocycles. The molecule has 0 unspecified atom stereocenters. The van der Waals surface area contributed by atoms with Crippen molar-refractivity contribution in [2.45, 2.75) is 18.9 Å². The summed E-state index contributed by atoms with van der Waals surface area (Å²) >= 11 is 0. The van der Waals surface area contributed by atoms with E-state index in [4.69, 9.17) is 5.11 Å². The quantitative estimate of drug-likeness (QED) is 0.599. The number of rotatable bonds is 7. The first-order valence-corrected chi connectivity index (χ1v) is 7.26. The molecule has 2 rings (SSSR count). The van der Waals surface area contributed by atoms with E-state index in [-0.39, 0.29) is 17.7 Å². The van der Waals surface area contributed by atoms with Crippen LogP contribution in [0.1, 0.15) is 22.3 Å². The van der Waals surface area contributed by atoms with Gasteiger partial charge in [-0.25, -0.2) is 0 Å². The number of benzene rings is 2. The van der Waals surface area contributed by atoms with Crippen molar-refractivity contribution in [2.75, 3.05) is 0 Å². The molecule has 0 fully saturated rings. The lowest BCUT2D eigenvalue weighted by atomic mass is 10.0. The second-order valence-corrected chi connectivity index (χ2v) is 5.26. The highest BCUT2D eigenvalue weighted by atomic mass is 16.6. The van der Waals surface area contributed by atoms with Crippen molar-refractivity contribution in [3.05, 3.63) is 75.8 Å². The van der Waals surface area contributed by atoms with E-state index in [1.54, 1.807) is 0 Å². The van der Waals surface area contributed by atoms with E-state index >= 15 is 0 Å². The van der Waals surface area contributed by atoms with Crippen LogP contribution < -0.4 is 5.32 Å². The van der Waals surface area contributed by atoms with E-state index in [0.717, 1.165) is 5.56 Å². The number of aliphatic carboxylic acids is 1. The van der Waals surface area contributed by atoms with Crippen LogP contribution in [-0.2, 0) is 11.2 Å². The molecular weight excluding hydrogens is 312 g/mol. The molecule has 7 heteroatoms. The molecule has 0 saturated heterocycles. The highest BCUT2D eigenvalue weighted by Crippen LogP contribution is 2.13. The number of carbonyl (C=O) groups excluding carboxylic acids is 1. The molecular formula is C17H16N2O5. The normalized spacial score (nSPS) is 11.5. The van der Waals surface area contributed by atoms with Gasteiger partial charge >= 0.3 is 5.97 Å². The molecule has 2 aromatic rings. The van der Waals surface area contributed by atoms with Gasteiger partial charge in [-0.2, -0.15) is 0 Å². The lowest BCUT2D eigenvalue weighted by molar-refractivity contribution is -0.384. The first-order valence-electron chi connectivity index (χ1n) is 7.26. The van der Waals surface area contributed by atoms with Crippen LogP contribution in [0, 0.1) is 10.1 Å². The minimum atomic E-state index is -1.01. The van der Waals surface area contributed by atoms with Crippen molar-refractivity contribution in [3.63, 3.8) is 0 Å². The van der Waals surface area contributed by atoms with Gasteiger partial charge in [0.1, 0.15) is 0 Å². The van der Waals surface area contributed by atoms with E-state index in [9.17, 15) is 19.7 Å². The largest absolute Gasteiger partial charge is 0.481 e. The van der Waals surface area contributed by atoms with Gasteiger partial charge < -0.3 is 10.4 Å². The van der Waals surface area contributed by atoms with Gasteiger partial charge in [0, 0.05) is 23.7 Å². The highest BCUT2D eigenvalue weighted by molar-refractivity contribution is 5.94. The van der Waals surface area contributed by atoms with Crippen molar-refractivity contribution >= 4 is 17.6 Å². The number of carboxylic acid groups (broad SMARTS) is 1. The van der Waals surface area contributed by atoms with E-state index in [1.807, 2.05) is 30.3 Å². The predicted octanol–water partition coefficient (Wildman–Crippen LogP) is 2.41. The zero-order valence-corrected chi connectivity index (χ0v) is 12.7. The first kappa shape index (κ1) is 17.1. The molecule has 0 aliphatic rings. The van der Waals surface area contributed by atoms with Gasteiger partial charge in [0.15, 0.2) is 0 Å². The number of carbonyl (C=O) groups is 2. The second kappa shape index (κ2) is 7.87. The fourth-order valence-corrected chi connectivity index (χ4v) is 2.29. The smallest absolute Gasteiger partial charge is 0.305 e. The van der Waals surface area contributed by atoms with Gasteiger partial charge in [-0.05, 0) is 24.1 Å². The lowest BCUT2D eigenvalue weighted by Crippen LogP contribution is -2.38. The zero-order valence-electron chi connectivity index (χ0n) is 12.7. The van der Waals surface area contributed by atoms with Gasteiger partial charge in [0.2, 0.25) is 0 Å². The van der Waals surface area contributed by atoms with Crippen molar-refractivity contribution in [2.24, 2.45) is 0 Å². The van der Waals surface area contributed by atoms with Gasteiger partial charge in [0.05, 0.1) is 11.3 Å². The molecule has 2 N–H and O–H groups in total. The molecule has 2 aromatic carbocycles. The topological polar surface area (TPSA) is 110 Å². The van der Waals surface area contributed by atoms with E-state index in [2.05, 4.69) is 5.32 Å². The Hall–Kier alpha value is -3.22. The number of non-ortho nitro benzene ring substituents is 1. The number of nitro benzene ring substituents is 1. The first-order chi connectivity index (χ1) is 11.5. The standard InChI is InChI=1S/C17H16N2O5/c20-16(21)11-14(10-12-4-2-1-3-5-12)18-17(22)13-6-8-15(9-7-13)19(23)24/h1-9,14H,10-11H2,(H,18,22)(H,20,21)/t14-/m1/s1. The summed E-state index contributed by atoms with van der Waals surface area (Å²) in [5.74, 6) is -1.48. The number of hydrogen-bond acceptors (Lipinski definition) is 4. The fraction of sp³-hybridized carbons (Fsp3) is 0.176. The van der Waals surface area contributed by atoms with Crippen molar-refractivity contribution in [1.29, 1.82) is 0 Å². The van der Waals surface area contributed by atoms with Crippen LogP contribution in [0.5, 0.6) is 0 Å². The van der Waals surface area contributed by atoms with Crippen molar-refractivity contribution < 1.29 is 19.6 Å². The molecule has 0 aliphatic carbocycles. The Morgan fingerprint density at radius 1 is 1.08 bits per heavy atom. The summed E-state index contributed by atoms with van der Waals surface area (Å²) in [6.07, 6.45) is 0.166. The summed E-state index contributed by atoms with van der Waals surface area (Å²) in [4.78, 5) is 33.3. The summed E-state index contributed by atoms with van der Waals surface area (Å²) in [5.41, 5.74) is 1.04. The van der Waals surface area contributed by atoms with Gasteiger partial charge in [-0.3, -0.25) is 19.7 Å². The lowest BCUT2D eigenvalue weighted by Gasteiger charge is -2.17.